The van der Waals surface area contributed by atoms with Gasteiger partial charge in [0.25, 0.3) is 0 Å². The Hall–Kier alpha value is -2.99. The summed E-state index contributed by atoms with van der Waals surface area (Å²) in [7, 11) is 0. The molecule has 0 spiro atoms. The second-order valence-electron chi connectivity index (χ2n) is 7.01. The van der Waals surface area contributed by atoms with Crippen LogP contribution in [0.3, 0.4) is 0 Å². The first-order valence-electron chi connectivity index (χ1n) is 8.66. The van der Waals surface area contributed by atoms with Gasteiger partial charge in [-0.25, -0.2) is 0 Å². The minimum atomic E-state index is 0. The maximum atomic E-state index is 11.0. The van der Waals surface area contributed by atoms with Crippen molar-refractivity contribution in [3.63, 3.8) is 0 Å². The third-order valence-electron chi connectivity index (χ3n) is 4.68. The number of hydrogen-bond donors (Lipinski definition) is 0. The van der Waals surface area contributed by atoms with Gasteiger partial charge >= 0.3 is 0 Å². The molecule has 2 aromatic carbocycles. The van der Waals surface area contributed by atoms with Crippen molar-refractivity contribution in [2.45, 2.75) is 41.5 Å². The smallest absolute Gasteiger partial charge is 0.242 e. The highest BCUT2D eigenvalue weighted by molar-refractivity contribution is 5.52. The molecule has 0 aliphatic carbocycles. The summed E-state index contributed by atoms with van der Waals surface area (Å²) in [6, 6.07) is 8.53. The molecule has 27 heavy (non-hydrogen) atoms. The molecule has 0 aliphatic heterocycles. The fourth-order valence-corrected chi connectivity index (χ4v) is 3.97. The standard InChI is InChI=1S/C21H24N4O.H2O/c1-13-9-15(3)19(16(4)10-13)24-7-8-25(21(24)22-23-26)20-17(5)11-14(2)12-18(20)6;/h7-12H,1-6H3;1H2. The molecule has 6 heteroatoms. The van der Waals surface area contributed by atoms with Gasteiger partial charge in [-0.15, -0.1) is 4.91 Å². The summed E-state index contributed by atoms with van der Waals surface area (Å²) in [6.45, 7) is 12.4. The first kappa shape index (κ1) is 20.3. The van der Waals surface area contributed by atoms with E-state index in [2.05, 4.69) is 76.2 Å². The average molecular weight is 366 g/mol. The van der Waals surface area contributed by atoms with Gasteiger partial charge in [-0.2, -0.15) is 0 Å². The first-order valence-corrected chi connectivity index (χ1v) is 8.66. The van der Waals surface area contributed by atoms with Gasteiger partial charge < -0.3 is 5.48 Å². The predicted octanol–water partition coefficient (Wildman–Crippen LogP) is 3.88. The number of nitrogens with zero attached hydrogens (tertiary/aromatic N) is 4. The molecule has 0 radical (unpaired) electrons. The van der Waals surface area contributed by atoms with Crippen molar-refractivity contribution in [2.24, 2.45) is 10.4 Å². The van der Waals surface area contributed by atoms with E-state index >= 15 is 0 Å². The highest BCUT2D eigenvalue weighted by Crippen LogP contribution is 2.23. The summed E-state index contributed by atoms with van der Waals surface area (Å²) in [6.07, 6.45) is 3.88. The van der Waals surface area contributed by atoms with Gasteiger partial charge in [-0.05, 0) is 63.8 Å². The lowest BCUT2D eigenvalue weighted by atomic mass is 10.0. The third kappa shape index (κ3) is 3.61. The number of aryl methyl sites for hydroxylation is 6. The maximum Gasteiger partial charge on any atom is 0.242 e. The molecular weight excluding hydrogens is 340 g/mol. The Balaban J connectivity index is 0.00000261. The zero-order valence-electron chi connectivity index (χ0n) is 16.7. The molecule has 0 aliphatic rings. The molecule has 0 bridgehead atoms. The van der Waals surface area contributed by atoms with E-state index in [1.807, 2.05) is 21.5 Å². The van der Waals surface area contributed by atoms with Crippen molar-refractivity contribution >= 4 is 0 Å². The highest BCUT2D eigenvalue weighted by Gasteiger charge is 2.14. The first-order chi connectivity index (χ1) is 12.3. The van der Waals surface area contributed by atoms with E-state index in [9.17, 15) is 4.91 Å². The third-order valence-corrected chi connectivity index (χ3v) is 4.68. The number of hydrogen-bond acceptors (Lipinski definition) is 2. The van der Waals surface area contributed by atoms with Crippen LogP contribution in [0, 0.1) is 46.4 Å². The van der Waals surface area contributed by atoms with E-state index in [4.69, 9.17) is 0 Å². The minimum absolute atomic E-state index is 0. The molecule has 1 aromatic heterocycles. The molecule has 142 valence electrons. The van der Waals surface area contributed by atoms with Crippen LogP contribution in [0.2, 0.25) is 0 Å². The molecule has 0 fully saturated rings. The lowest BCUT2D eigenvalue weighted by molar-refractivity contribution is 0.818. The van der Waals surface area contributed by atoms with E-state index in [-0.39, 0.29) is 5.48 Å². The van der Waals surface area contributed by atoms with Crippen LogP contribution in [-0.2, 0) is 0 Å². The van der Waals surface area contributed by atoms with Gasteiger partial charge in [0.2, 0.25) is 5.62 Å². The lowest BCUT2D eigenvalue weighted by Crippen LogP contribution is -2.25. The largest absolute Gasteiger partial charge is 0.412 e. The number of benzene rings is 2. The Kier molecular flexibility index (Phi) is 5.81. The molecule has 2 N–H and O–H groups in total. The van der Waals surface area contributed by atoms with Crippen molar-refractivity contribution in [3.05, 3.63) is 80.6 Å². The van der Waals surface area contributed by atoms with Crippen LogP contribution >= 0.6 is 0 Å². The van der Waals surface area contributed by atoms with E-state index in [1.54, 1.807) is 0 Å². The van der Waals surface area contributed by atoms with E-state index < -0.39 is 0 Å². The van der Waals surface area contributed by atoms with Gasteiger partial charge in [0, 0.05) is 12.4 Å². The molecular formula is C21H26N4O2. The van der Waals surface area contributed by atoms with Crippen molar-refractivity contribution < 1.29 is 5.48 Å². The zero-order chi connectivity index (χ0) is 19.0. The van der Waals surface area contributed by atoms with E-state index in [0.29, 0.717) is 5.62 Å². The number of rotatable bonds is 3. The molecule has 3 aromatic rings. The van der Waals surface area contributed by atoms with Gasteiger partial charge in [-0.1, -0.05) is 40.5 Å². The van der Waals surface area contributed by atoms with Gasteiger partial charge in [0.15, 0.2) is 0 Å². The van der Waals surface area contributed by atoms with E-state index in [0.717, 1.165) is 33.6 Å². The molecule has 3 rings (SSSR count). The fourth-order valence-electron chi connectivity index (χ4n) is 3.97. The van der Waals surface area contributed by atoms with Crippen LogP contribution in [0.25, 0.3) is 11.4 Å². The van der Waals surface area contributed by atoms with E-state index in [1.165, 1.54) is 11.1 Å². The summed E-state index contributed by atoms with van der Waals surface area (Å²) >= 11 is 0. The molecule has 0 saturated carbocycles. The number of imidazole rings is 1. The van der Waals surface area contributed by atoms with Crippen LogP contribution in [0.1, 0.15) is 33.4 Å². The Bertz CT molecular complexity index is 950. The van der Waals surface area contributed by atoms with Crippen molar-refractivity contribution in [3.8, 4) is 11.4 Å². The maximum absolute atomic E-state index is 11.0. The zero-order valence-corrected chi connectivity index (χ0v) is 16.7. The van der Waals surface area contributed by atoms with Crippen LogP contribution in [0.15, 0.2) is 47.0 Å². The van der Waals surface area contributed by atoms with Gasteiger partial charge in [0.1, 0.15) is 0 Å². The van der Waals surface area contributed by atoms with Crippen LogP contribution in [-0.4, -0.2) is 14.6 Å². The Morgan fingerprint density at radius 1 is 0.667 bits per heavy atom. The topological polar surface area (TPSA) is 83.2 Å². The summed E-state index contributed by atoms with van der Waals surface area (Å²) in [5, 5.41) is 6.76. The van der Waals surface area contributed by atoms with Crippen LogP contribution in [0.4, 0.5) is 0 Å². The van der Waals surface area contributed by atoms with Gasteiger partial charge in [0.05, 0.1) is 16.7 Å². The van der Waals surface area contributed by atoms with Crippen molar-refractivity contribution in [1.29, 1.82) is 0 Å². The van der Waals surface area contributed by atoms with Crippen molar-refractivity contribution in [1.82, 2.24) is 9.13 Å². The van der Waals surface area contributed by atoms with Crippen molar-refractivity contribution in [2.75, 3.05) is 0 Å². The normalized spacial score (nSPS) is 10.4. The summed E-state index contributed by atoms with van der Waals surface area (Å²) in [5.41, 5.74) is 9.48. The molecule has 0 unspecified atom stereocenters. The average Bonchev–Trinajstić information content (AvgIpc) is 2.89. The summed E-state index contributed by atoms with van der Waals surface area (Å²) in [4.78, 5) is 11.0. The SMILES string of the molecule is Cc1cc(C)c(-n2ccn(-c3c(C)cc(C)cc3C)c2=NN=O)c(C)c1.O. The molecule has 6 nitrogen and oxygen atoms in total. The quantitative estimate of drug-likeness (QED) is 0.511. The number of nitroso groups, excluding NO2 is 1. The van der Waals surface area contributed by atoms with Gasteiger partial charge in [-0.3, -0.25) is 9.13 Å². The Labute approximate surface area is 159 Å². The van der Waals surface area contributed by atoms with Crippen LogP contribution in [0.5, 0.6) is 0 Å². The monoisotopic (exact) mass is 366 g/mol. The Morgan fingerprint density at radius 3 is 1.30 bits per heavy atom. The second-order valence-corrected chi connectivity index (χ2v) is 7.01. The summed E-state index contributed by atoms with van der Waals surface area (Å²) in [5.74, 6) is 0. The highest BCUT2D eigenvalue weighted by atomic mass is 16.3. The lowest BCUT2D eigenvalue weighted by Gasteiger charge is -2.14. The molecule has 0 saturated heterocycles. The Morgan fingerprint density at radius 2 is 1.00 bits per heavy atom. The summed E-state index contributed by atoms with van der Waals surface area (Å²) < 4.78 is 3.87. The minimum Gasteiger partial charge on any atom is -0.412 e. The molecule has 0 amide bonds. The predicted molar refractivity (Wildman–Crippen MR) is 108 cm³/mol. The number of aromatic nitrogens is 2. The van der Waals surface area contributed by atoms with Crippen LogP contribution < -0.4 is 5.62 Å². The fraction of sp³-hybridized carbons (Fsp3) is 0.286. The second kappa shape index (κ2) is 7.72. The molecule has 0 atom stereocenters. The molecule has 1 heterocycles.